The molecule has 226 valence electrons. The van der Waals surface area contributed by atoms with E-state index in [9.17, 15) is 23.6 Å². The Kier molecular flexibility index (Phi) is 10.4. The summed E-state index contributed by atoms with van der Waals surface area (Å²) in [5, 5.41) is 11.5. The van der Waals surface area contributed by atoms with Gasteiger partial charge in [0.05, 0.1) is 18.2 Å². The van der Waals surface area contributed by atoms with Crippen LogP contribution in [0.3, 0.4) is 0 Å². The number of carbonyl (C=O) groups is 4. The van der Waals surface area contributed by atoms with Gasteiger partial charge >= 0.3 is 0 Å². The predicted molar refractivity (Wildman–Crippen MR) is 153 cm³/mol. The first-order valence-electron chi connectivity index (χ1n) is 14.5. The van der Waals surface area contributed by atoms with Crippen molar-refractivity contribution in [2.45, 2.75) is 70.0 Å². The zero-order chi connectivity index (χ0) is 30.1. The van der Waals surface area contributed by atoms with Crippen molar-refractivity contribution in [1.82, 2.24) is 21.3 Å². The maximum atomic E-state index is 13.5. The van der Waals surface area contributed by atoms with Gasteiger partial charge in [-0.1, -0.05) is 38.8 Å². The Labute approximate surface area is 245 Å². The van der Waals surface area contributed by atoms with Gasteiger partial charge in [-0.2, -0.15) is 0 Å². The number of hydrogen-bond donors (Lipinski definition) is 4. The SMILES string of the molecule is CC(C)[C@H]1COc2ccccc2C(=O)N[C@H](C(=O)NCCOc2ccc(F)cc2)CCC(=O)NC2(CCCC2)C(=O)N1. The van der Waals surface area contributed by atoms with Gasteiger partial charge in [0.25, 0.3) is 5.91 Å². The molecule has 1 fully saturated rings. The van der Waals surface area contributed by atoms with E-state index in [1.54, 1.807) is 24.3 Å². The molecule has 0 bridgehead atoms. The van der Waals surface area contributed by atoms with Gasteiger partial charge < -0.3 is 30.7 Å². The van der Waals surface area contributed by atoms with Crippen LogP contribution in [-0.2, 0) is 14.4 Å². The van der Waals surface area contributed by atoms with E-state index in [1.807, 2.05) is 13.8 Å². The molecule has 4 amide bonds. The Bertz CT molecular complexity index is 1260. The third kappa shape index (κ3) is 7.98. The average molecular weight is 583 g/mol. The molecule has 1 aliphatic heterocycles. The lowest BCUT2D eigenvalue weighted by molar-refractivity contribution is -0.134. The van der Waals surface area contributed by atoms with Crippen LogP contribution in [0, 0.1) is 11.7 Å². The minimum absolute atomic E-state index is 0.0115. The minimum Gasteiger partial charge on any atom is -0.492 e. The minimum atomic E-state index is -1.04. The van der Waals surface area contributed by atoms with Crippen molar-refractivity contribution in [3.8, 4) is 11.5 Å². The second-order valence-electron chi connectivity index (χ2n) is 11.1. The first-order chi connectivity index (χ1) is 20.2. The van der Waals surface area contributed by atoms with Crippen LogP contribution in [0.1, 0.15) is 62.7 Å². The molecule has 2 aromatic carbocycles. The molecule has 2 aromatic rings. The molecule has 0 unspecified atom stereocenters. The van der Waals surface area contributed by atoms with Gasteiger partial charge in [-0.15, -0.1) is 0 Å². The van der Waals surface area contributed by atoms with Gasteiger partial charge in [-0.25, -0.2) is 4.39 Å². The van der Waals surface area contributed by atoms with Gasteiger partial charge in [0.15, 0.2) is 0 Å². The first-order valence-corrected chi connectivity index (χ1v) is 14.5. The van der Waals surface area contributed by atoms with Crippen molar-refractivity contribution in [3.63, 3.8) is 0 Å². The highest BCUT2D eigenvalue weighted by atomic mass is 19.1. The monoisotopic (exact) mass is 582 g/mol. The summed E-state index contributed by atoms with van der Waals surface area (Å²) < 4.78 is 24.7. The van der Waals surface area contributed by atoms with Gasteiger partial charge in [0.1, 0.15) is 42.1 Å². The molecule has 11 heteroatoms. The van der Waals surface area contributed by atoms with Crippen LogP contribution in [0.15, 0.2) is 48.5 Å². The smallest absolute Gasteiger partial charge is 0.255 e. The Hall–Kier alpha value is -4.15. The summed E-state index contributed by atoms with van der Waals surface area (Å²) in [6.07, 6.45) is 2.60. The number of hydrogen-bond acceptors (Lipinski definition) is 6. The second kappa shape index (κ2) is 14.2. The van der Waals surface area contributed by atoms with Crippen LogP contribution >= 0.6 is 0 Å². The van der Waals surface area contributed by atoms with E-state index in [1.165, 1.54) is 24.3 Å². The summed E-state index contributed by atoms with van der Waals surface area (Å²) in [5.74, 6) is -1.22. The van der Waals surface area contributed by atoms with Crippen LogP contribution in [0.4, 0.5) is 4.39 Å². The zero-order valence-electron chi connectivity index (χ0n) is 24.0. The molecular formula is C31H39FN4O6. The lowest BCUT2D eigenvalue weighted by Crippen LogP contribution is -2.60. The maximum Gasteiger partial charge on any atom is 0.255 e. The molecule has 1 aliphatic carbocycles. The summed E-state index contributed by atoms with van der Waals surface area (Å²) in [5.41, 5.74) is -0.795. The Morgan fingerprint density at radius 1 is 1.07 bits per heavy atom. The largest absolute Gasteiger partial charge is 0.492 e. The van der Waals surface area contributed by atoms with E-state index in [0.29, 0.717) is 24.3 Å². The van der Waals surface area contributed by atoms with Crippen LogP contribution < -0.4 is 30.7 Å². The van der Waals surface area contributed by atoms with Crippen LogP contribution in [0.2, 0.25) is 0 Å². The summed E-state index contributed by atoms with van der Waals surface area (Å²) in [7, 11) is 0. The van der Waals surface area contributed by atoms with Gasteiger partial charge in [-0.3, -0.25) is 19.2 Å². The fourth-order valence-electron chi connectivity index (χ4n) is 5.16. The number of ether oxygens (including phenoxy) is 2. The third-order valence-corrected chi connectivity index (χ3v) is 7.71. The number of carbonyl (C=O) groups excluding carboxylic acids is 4. The molecule has 4 N–H and O–H groups in total. The second-order valence-corrected chi connectivity index (χ2v) is 11.1. The zero-order valence-corrected chi connectivity index (χ0v) is 24.0. The molecule has 0 radical (unpaired) electrons. The van der Waals surface area contributed by atoms with Gasteiger partial charge in [-0.05, 0) is 61.6 Å². The first kappa shape index (κ1) is 30.8. The third-order valence-electron chi connectivity index (χ3n) is 7.71. The molecule has 4 rings (SSSR count). The molecule has 2 atom stereocenters. The summed E-state index contributed by atoms with van der Waals surface area (Å²) >= 11 is 0. The van der Waals surface area contributed by atoms with E-state index in [0.717, 1.165) is 12.8 Å². The Morgan fingerprint density at radius 2 is 1.79 bits per heavy atom. The highest BCUT2D eigenvalue weighted by Gasteiger charge is 2.43. The van der Waals surface area contributed by atoms with E-state index in [4.69, 9.17) is 9.47 Å². The fraction of sp³-hybridized carbons (Fsp3) is 0.484. The van der Waals surface area contributed by atoms with E-state index in [-0.39, 0.29) is 67.8 Å². The number of fused-ring (bicyclic) bond motifs is 1. The van der Waals surface area contributed by atoms with E-state index in [2.05, 4.69) is 21.3 Å². The van der Waals surface area contributed by atoms with E-state index >= 15 is 0 Å². The van der Waals surface area contributed by atoms with Crippen LogP contribution in [0.25, 0.3) is 0 Å². The van der Waals surface area contributed by atoms with Crippen molar-refractivity contribution in [3.05, 3.63) is 59.9 Å². The molecule has 10 nitrogen and oxygen atoms in total. The summed E-state index contributed by atoms with van der Waals surface area (Å²) in [4.78, 5) is 53.2. The molecule has 2 aliphatic rings. The van der Waals surface area contributed by atoms with Crippen LogP contribution in [-0.4, -0.2) is 61.0 Å². The van der Waals surface area contributed by atoms with Crippen molar-refractivity contribution >= 4 is 23.6 Å². The standard InChI is InChI=1S/C31H39FN4O6/c1-20(2)25-19-42-26-8-4-3-7-23(26)28(38)34-24(29(39)33-17-18-41-22-11-9-21(32)10-12-22)13-14-27(37)36-31(30(40)35-25)15-5-6-16-31/h3-4,7-12,20,24-25H,5-6,13-19H2,1-2H3,(H,33,39)(H,34,38)(H,35,40)(H,36,37)/t24-,25+/m0/s1. The van der Waals surface area contributed by atoms with Crippen molar-refractivity contribution in [1.29, 1.82) is 0 Å². The lowest BCUT2D eigenvalue weighted by atomic mass is 9.94. The normalized spacial score (nSPS) is 21.2. The predicted octanol–water partition coefficient (Wildman–Crippen LogP) is 2.86. The molecule has 42 heavy (non-hydrogen) atoms. The van der Waals surface area contributed by atoms with Crippen molar-refractivity contribution in [2.24, 2.45) is 5.92 Å². The number of halogens is 1. The molecule has 0 saturated heterocycles. The number of rotatable bonds is 6. The van der Waals surface area contributed by atoms with Crippen LogP contribution in [0.5, 0.6) is 11.5 Å². The highest BCUT2D eigenvalue weighted by Crippen LogP contribution is 2.31. The Morgan fingerprint density at radius 3 is 2.50 bits per heavy atom. The maximum absolute atomic E-state index is 13.5. The lowest BCUT2D eigenvalue weighted by Gasteiger charge is -2.32. The summed E-state index contributed by atoms with van der Waals surface area (Å²) in [6, 6.07) is 10.8. The summed E-state index contributed by atoms with van der Waals surface area (Å²) in [6.45, 7) is 4.29. The number of nitrogens with one attached hydrogen (secondary N) is 4. The fourth-order valence-corrected chi connectivity index (χ4v) is 5.16. The van der Waals surface area contributed by atoms with Crippen molar-refractivity contribution in [2.75, 3.05) is 19.8 Å². The quantitative estimate of drug-likeness (QED) is 0.387. The molecule has 1 heterocycles. The number of para-hydroxylation sites is 1. The Balaban J connectivity index is 1.51. The van der Waals surface area contributed by atoms with Gasteiger partial charge in [0.2, 0.25) is 17.7 Å². The average Bonchev–Trinajstić information content (AvgIpc) is 3.45. The topological polar surface area (TPSA) is 135 Å². The molecule has 1 spiro atoms. The van der Waals surface area contributed by atoms with E-state index < -0.39 is 23.4 Å². The van der Waals surface area contributed by atoms with Gasteiger partial charge in [0, 0.05) is 6.42 Å². The number of amides is 4. The highest BCUT2D eigenvalue weighted by molar-refractivity contribution is 6.00. The molecule has 0 aromatic heterocycles. The molecular weight excluding hydrogens is 543 g/mol. The van der Waals surface area contributed by atoms with Crippen molar-refractivity contribution < 1.29 is 33.0 Å². The molecule has 1 saturated carbocycles. The number of benzene rings is 2.